The van der Waals surface area contributed by atoms with Gasteiger partial charge in [0.15, 0.2) is 6.10 Å². The molecule has 0 aromatic rings. The predicted octanol–water partition coefficient (Wildman–Crippen LogP) is 15.0. The van der Waals surface area contributed by atoms with Gasteiger partial charge in [0, 0.05) is 19.3 Å². The van der Waals surface area contributed by atoms with E-state index in [4.69, 9.17) is 14.2 Å². The summed E-state index contributed by atoms with van der Waals surface area (Å²) in [4.78, 5) is 37.7. The number of hydrogen-bond acceptors (Lipinski definition) is 6. The Kier molecular flexibility index (Phi) is 42.4. The van der Waals surface area contributed by atoms with Crippen molar-refractivity contribution in [1.29, 1.82) is 0 Å². The zero-order chi connectivity index (χ0) is 39.4. The van der Waals surface area contributed by atoms with E-state index in [-0.39, 0.29) is 31.1 Å². The van der Waals surface area contributed by atoms with Gasteiger partial charge in [-0.15, -0.1) is 0 Å². The summed E-state index contributed by atoms with van der Waals surface area (Å²) in [6, 6.07) is 0. The van der Waals surface area contributed by atoms with Crippen molar-refractivity contribution in [2.24, 2.45) is 0 Å². The van der Waals surface area contributed by atoms with Crippen LogP contribution in [0.4, 0.5) is 0 Å². The van der Waals surface area contributed by atoms with Crippen LogP contribution in [-0.2, 0) is 28.6 Å². The molecule has 0 N–H and O–H groups in total. The van der Waals surface area contributed by atoms with Crippen LogP contribution >= 0.6 is 0 Å². The predicted molar refractivity (Wildman–Crippen MR) is 229 cm³/mol. The van der Waals surface area contributed by atoms with E-state index in [0.717, 1.165) is 64.2 Å². The van der Waals surface area contributed by atoms with Crippen LogP contribution in [0.25, 0.3) is 0 Å². The van der Waals surface area contributed by atoms with Gasteiger partial charge in [-0.1, -0.05) is 206 Å². The molecule has 0 aliphatic rings. The van der Waals surface area contributed by atoms with Gasteiger partial charge < -0.3 is 14.2 Å². The minimum Gasteiger partial charge on any atom is -0.462 e. The van der Waals surface area contributed by atoms with Gasteiger partial charge in [0.25, 0.3) is 0 Å². The second kappa shape index (κ2) is 43.9. The first-order valence-electron chi connectivity index (χ1n) is 23.7. The van der Waals surface area contributed by atoms with Gasteiger partial charge in [-0.3, -0.25) is 14.4 Å². The molecule has 0 spiro atoms. The van der Waals surface area contributed by atoms with E-state index < -0.39 is 6.10 Å². The molecule has 0 fully saturated rings. The van der Waals surface area contributed by atoms with Crippen LogP contribution in [0.1, 0.15) is 258 Å². The Bertz CT molecular complexity index is 839. The van der Waals surface area contributed by atoms with Crippen molar-refractivity contribution in [2.75, 3.05) is 13.2 Å². The molecule has 0 radical (unpaired) electrons. The summed E-state index contributed by atoms with van der Waals surface area (Å²) in [6.45, 7) is 6.60. The first-order chi connectivity index (χ1) is 26.5. The zero-order valence-electron chi connectivity index (χ0n) is 36.3. The highest BCUT2D eigenvalue weighted by molar-refractivity contribution is 5.71. The molecule has 0 rings (SSSR count). The average Bonchev–Trinajstić information content (AvgIpc) is 3.17. The molecule has 0 bridgehead atoms. The molecule has 0 saturated carbocycles. The largest absolute Gasteiger partial charge is 0.462 e. The number of ether oxygens (including phenoxy) is 3. The van der Waals surface area contributed by atoms with Gasteiger partial charge in [0.05, 0.1) is 0 Å². The molecule has 0 aliphatic carbocycles. The van der Waals surface area contributed by atoms with E-state index in [1.54, 1.807) is 0 Å². The van der Waals surface area contributed by atoms with Crippen molar-refractivity contribution in [2.45, 2.75) is 264 Å². The van der Waals surface area contributed by atoms with E-state index in [0.29, 0.717) is 19.3 Å². The molecule has 318 valence electrons. The van der Waals surface area contributed by atoms with Crippen LogP contribution in [0.5, 0.6) is 0 Å². The van der Waals surface area contributed by atoms with Crippen molar-refractivity contribution >= 4 is 17.9 Å². The summed E-state index contributed by atoms with van der Waals surface area (Å²) < 4.78 is 16.7. The summed E-state index contributed by atoms with van der Waals surface area (Å²) in [5.74, 6) is -0.872. The lowest BCUT2D eigenvalue weighted by Gasteiger charge is -2.18. The Hall–Kier alpha value is -1.85. The lowest BCUT2D eigenvalue weighted by Crippen LogP contribution is -2.30. The van der Waals surface area contributed by atoms with Gasteiger partial charge in [-0.25, -0.2) is 0 Å². The number of carbonyl (C=O) groups is 3. The Morgan fingerprint density at radius 1 is 0.352 bits per heavy atom. The summed E-state index contributed by atoms with van der Waals surface area (Å²) in [5, 5.41) is 0. The highest BCUT2D eigenvalue weighted by atomic mass is 16.6. The van der Waals surface area contributed by atoms with Crippen LogP contribution in [0.2, 0.25) is 0 Å². The number of carbonyl (C=O) groups excluding carboxylic acids is 3. The molecule has 1 unspecified atom stereocenters. The maximum Gasteiger partial charge on any atom is 0.306 e. The molecule has 6 heteroatoms. The van der Waals surface area contributed by atoms with Gasteiger partial charge in [-0.05, 0) is 44.9 Å². The number of rotatable bonds is 43. The normalized spacial score (nSPS) is 12.0. The Balaban J connectivity index is 4.29. The SMILES string of the molecule is CCCCCC/C=C\CCCCCCCC(=O)OC(COC(=O)CCCCCCCCCC)COC(=O)CCCCCCCCCCCCCCCCC. The topological polar surface area (TPSA) is 78.9 Å². The maximum absolute atomic E-state index is 12.7. The van der Waals surface area contributed by atoms with Gasteiger partial charge in [-0.2, -0.15) is 0 Å². The third-order valence-corrected chi connectivity index (χ3v) is 10.5. The monoisotopic (exact) mass is 763 g/mol. The summed E-state index contributed by atoms with van der Waals surface area (Å²) in [6.07, 6.45) is 46.2. The quantitative estimate of drug-likeness (QED) is 0.0266. The fourth-order valence-corrected chi connectivity index (χ4v) is 6.91. The minimum absolute atomic E-state index is 0.0690. The molecule has 0 aliphatic heterocycles. The van der Waals surface area contributed by atoms with Crippen molar-refractivity contribution in [1.82, 2.24) is 0 Å². The smallest absolute Gasteiger partial charge is 0.306 e. The fraction of sp³-hybridized carbons (Fsp3) is 0.896. The molecule has 0 aromatic heterocycles. The molecule has 54 heavy (non-hydrogen) atoms. The van der Waals surface area contributed by atoms with Crippen molar-refractivity contribution in [3.63, 3.8) is 0 Å². The standard InChI is InChI=1S/C48H90O6/c1-4-7-10-13-16-19-21-23-24-26-27-29-32-35-38-41-47(50)53-44-45(43-52-46(49)40-37-34-31-18-15-12-9-6-3)54-48(51)42-39-36-33-30-28-25-22-20-17-14-11-8-5-2/h20,22,45H,4-19,21,23-44H2,1-3H3/b22-20-. The fourth-order valence-electron chi connectivity index (χ4n) is 6.91. The van der Waals surface area contributed by atoms with E-state index in [9.17, 15) is 14.4 Å². The molecular formula is C48H90O6. The van der Waals surface area contributed by atoms with Crippen LogP contribution in [0.15, 0.2) is 12.2 Å². The minimum atomic E-state index is -0.765. The number of unbranched alkanes of at least 4 members (excludes halogenated alkanes) is 30. The highest BCUT2D eigenvalue weighted by Crippen LogP contribution is 2.15. The van der Waals surface area contributed by atoms with E-state index in [2.05, 4.69) is 32.9 Å². The second-order valence-corrected chi connectivity index (χ2v) is 16.0. The van der Waals surface area contributed by atoms with Crippen LogP contribution < -0.4 is 0 Å². The molecule has 6 nitrogen and oxygen atoms in total. The molecule has 0 heterocycles. The summed E-state index contributed by atoms with van der Waals surface area (Å²) in [5.41, 5.74) is 0. The second-order valence-electron chi connectivity index (χ2n) is 16.0. The van der Waals surface area contributed by atoms with E-state index in [1.165, 1.54) is 154 Å². The van der Waals surface area contributed by atoms with E-state index in [1.807, 2.05) is 0 Å². The zero-order valence-corrected chi connectivity index (χ0v) is 36.3. The van der Waals surface area contributed by atoms with Gasteiger partial charge in [0.2, 0.25) is 0 Å². The van der Waals surface area contributed by atoms with Gasteiger partial charge in [0.1, 0.15) is 13.2 Å². The van der Waals surface area contributed by atoms with Crippen molar-refractivity contribution < 1.29 is 28.6 Å². The Morgan fingerprint density at radius 2 is 0.611 bits per heavy atom. The Labute approximate surface area is 335 Å². The third-order valence-electron chi connectivity index (χ3n) is 10.5. The first kappa shape index (κ1) is 52.2. The van der Waals surface area contributed by atoms with Crippen LogP contribution in [-0.4, -0.2) is 37.2 Å². The molecule has 0 aromatic carbocycles. The number of esters is 3. The maximum atomic E-state index is 12.7. The number of hydrogen-bond donors (Lipinski definition) is 0. The molecule has 0 amide bonds. The molecular weight excluding hydrogens is 673 g/mol. The lowest BCUT2D eigenvalue weighted by molar-refractivity contribution is -0.167. The van der Waals surface area contributed by atoms with Crippen molar-refractivity contribution in [3.05, 3.63) is 12.2 Å². The van der Waals surface area contributed by atoms with Crippen molar-refractivity contribution in [3.8, 4) is 0 Å². The average molecular weight is 763 g/mol. The summed E-state index contributed by atoms with van der Waals surface area (Å²) >= 11 is 0. The molecule has 1 atom stereocenters. The van der Waals surface area contributed by atoms with Gasteiger partial charge >= 0.3 is 17.9 Å². The lowest BCUT2D eigenvalue weighted by atomic mass is 10.0. The van der Waals surface area contributed by atoms with Crippen LogP contribution in [0.3, 0.4) is 0 Å². The van der Waals surface area contributed by atoms with Crippen LogP contribution in [0, 0.1) is 0 Å². The summed E-state index contributed by atoms with van der Waals surface area (Å²) in [7, 11) is 0. The Morgan fingerprint density at radius 3 is 0.944 bits per heavy atom. The van der Waals surface area contributed by atoms with E-state index >= 15 is 0 Å². The first-order valence-corrected chi connectivity index (χ1v) is 23.7. The number of allylic oxidation sites excluding steroid dienone is 2. The molecule has 0 saturated heterocycles. The highest BCUT2D eigenvalue weighted by Gasteiger charge is 2.19. The third kappa shape index (κ3) is 41.3.